The summed E-state index contributed by atoms with van der Waals surface area (Å²) in [4.78, 5) is 29.0. The quantitative estimate of drug-likeness (QED) is 0.146. The molecule has 0 fully saturated rings. The minimum atomic E-state index is -0.372. The topological polar surface area (TPSA) is 96.0 Å². The molecule has 0 aliphatic carbocycles. The first kappa shape index (κ1) is 29.8. The van der Waals surface area contributed by atoms with Crippen LogP contribution in [0, 0.1) is 6.92 Å². The zero-order valence-electron chi connectivity index (χ0n) is 24.7. The first-order chi connectivity index (χ1) is 21.4. The van der Waals surface area contributed by atoms with Crippen LogP contribution >= 0.6 is 0 Å². The predicted octanol–water partition coefficient (Wildman–Crippen LogP) is 8.46. The van der Waals surface area contributed by atoms with E-state index in [0.29, 0.717) is 47.3 Å². The van der Waals surface area contributed by atoms with E-state index in [1.54, 1.807) is 48.7 Å². The van der Waals surface area contributed by atoms with E-state index in [1.807, 2.05) is 81.4 Å². The van der Waals surface area contributed by atoms with Crippen LogP contribution in [0.1, 0.15) is 46.9 Å². The minimum absolute atomic E-state index is 0.0236. The zero-order chi connectivity index (χ0) is 30.9. The van der Waals surface area contributed by atoms with Gasteiger partial charge in [-0.1, -0.05) is 49.7 Å². The Hall–Kier alpha value is -5.63. The van der Waals surface area contributed by atoms with Crippen LogP contribution in [0.5, 0.6) is 34.5 Å². The molecule has 0 saturated carbocycles. The first-order valence-electron chi connectivity index (χ1n) is 14.1. The molecule has 5 rings (SSSR count). The molecule has 44 heavy (non-hydrogen) atoms. The van der Waals surface area contributed by atoms with Crippen LogP contribution in [0.15, 0.2) is 109 Å². The maximum Gasteiger partial charge on any atom is 0.298 e. The van der Waals surface area contributed by atoms with Crippen molar-refractivity contribution in [3.05, 3.63) is 132 Å². The van der Waals surface area contributed by atoms with Crippen LogP contribution in [0.2, 0.25) is 0 Å². The average molecular weight is 589 g/mol. The number of benzene rings is 4. The molecule has 0 unspecified atom stereocenters. The number of hydrogen-bond acceptors (Lipinski definition) is 7. The summed E-state index contributed by atoms with van der Waals surface area (Å²) < 4.78 is 23.0. The normalized spacial score (nSPS) is 10.6. The van der Waals surface area contributed by atoms with Crippen LogP contribution in [-0.2, 0) is 11.4 Å². The van der Waals surface area contributed by atoms with Gasteiger partial charge in [0.1, 0.15) is 35.4 Å². The van der Waals surface area contributed by atoms with Gasteiger partial charge in [-0.3, -0.25) is 14.6 Å². The molecule has 0 aliphatic rings. The highest BCUT2D eigenvalue weighted by Crippen LogP contribution is 2.39. The molecule has 4 aromatic carbocycles. The van der Waals surface area contributed by atoms with E-state index in [0.717, 1.165) is 22.6 Å². The molecule has 1 amide bonds. The van der Waals surface area contributed by atoms with Crippen LogP contribution in [-0.4, -0.2) is 17.4 Å². The number of amides is 1. The number of nitrogens with one attached hydrogen (secondary N) is 1. The monoisotopic (exact) mass is 588 g/mol. The highest BCUT2D eigenvalue weighted by molar-refractivity contribution is 6.05. The molecule has 1 aromatic heterocycles. The second-order valence-electron chi connectivity index (χ2n) is 10.3. The number of rotatable bonds is 12. The third kappa shape index (κ3) is 7.80. The fourth-order valence-electron chi connectivity index (χ4n) is 4.33. The van der Waals surface area contributed by atoms with Gasteiger partial charge < -0.3 is 24.3 Å². The van der Waals surface area contributed by atoms with Gasteiger partial charge in [0, 0.05) is 11.6 Å². The third-order valence-corrected chi connectivity index (χ3v) is 6.69. The van der Waals surface area contributed by atoms with Crippen LogP contribution in [0.25, 0.3) is 0 Å². The van der Waals surface area contributed by atoms with Crippen LogP contribution < -0.4 is 24.3 Å². The average Bonchev–Trinajstić information content (AvgIpc) is 3.03. The number of ether oxygens (including phenoxy) is 4. The number of anilines is 1. The maximum absolute atomic E-state index is 13.1. The number of nitrogens with zero attached hydrogens (tertiary/aromatic N) is 1. The van der Waals surface area contributed by atoms with E-state index < -0.39 is 0 Å². The van der Waals surface area contributed by atoms with Gasteiger partial charge >= 0.3 is 0 Å². The second-order valence-corrected chi connectivity index (χ2v) is 10.3. The summed E-state index contributed by atoms with van der Waals surface area (Å²) in [7, 11) is 0. The Labute approximate surface area is 256 Å². The standard InChI is InChI=1S/C36H32N2O6/c1-24(2)32-19-33(38-36(40)26-11-16-30(17-12-26)43-29-7-5-4-6-8-29)35(42-23-39)20-34(32)44-31-18-13-27(37-21-31)22-41-28-14-9-25(3)10-15-28/h4-21,23-24H,22H2,1-3H3,(H,38,40). The van der Waals surface area contributed by atoms with Crippen molar-refractivity contribution in [2.75, 3.05) is 5.32 Å². The lowest BCUT2D eigenvalue weighted by atomic mass is 10.0. The zero-order valence-corrected chi connectivity index (χ0v) is 24.7. The fraction of sp³-hybridized carbons (Fsp3) is 0.139. The lowest BCUT2D eigenvalue weighted by Crippen LogP contribution is -2.13. The van der Waals surface area contributed by atoms with Crippen LogP contribution in [0.3, 0.4) is 0 Å². The number of pyridine rings is 1. The summed E-state index contributed by atoms with van der Waals surface area (Å²) >= 11 is 0. The van der Waals surface area contributed by atoms with Crippen molar-refractivity contribution in [2.24, 2.45) is 0 Å². The van der Waals surface area contributed by atoms with Gasteiger partial charge in [0.2, 0.25) is 0 Å². The molecular formula is C36H32N2O6. The fourth-order valence-corrected chi connectivity index (χ4v) is 4.33. The summed E-state index contributed by atoms with van der Waals surface area (Å²) in [6.07, 6.45) is 1.61. The Morgan fingerprint density at radius 1 is 0.795 bits per heavy atom. The Balaban J connectivity index is 1.29. The molecule has 0 atom stereocenters. The molecule has 0 saturated heterocycles. The molecule has 5 aromatic rings. The molecule has 1 heterocycles. The van der Waals surface area contributed by atoms with Gasteiger partial charge in [-0.05, 0) is 85.1 Å². The highest BCUT2D eigenvalue weighted by Gasteiger charge is 2.18. The summed E-state index contributed by atoms with van der Waals surface area (Å²) in [5.41, 5.74) is 3.45. The van der Waals surface area contributed by atoms with Crippen molar-refractivity contribution in [1.29, 1.82) is 0 Å². The number of para-hydroxylation sites is 1. The number of aryl methyl sites for hydroxylation is 1. The Morgan fingerprint density at radius 3 is 2.14 bits per heavy atom. The summed E-state index contributed by atoms with van der Waals surface area (Å²) in [5.74, 6) is 2.83. The van der Waals surface area contributed by atoms with Crippen molar-refractivity contribution in [1.82, 2.24) is 4.98 Å². The molecule has 222 valence electrons. The number of aromatic nitrogens is 1. The predicted molar refractivity (Wildman–Crippen MR) is 168 cm³/mol. The molecule has 0 spiro atoms. The van der Waals surface area contributed by atoms with Crippen molar-refractivity contribution in [3.8, 4) is 34.5 Å². The Morgan fingerprint density at radius 2 is 1.48 bits per heavy atom. The van der Waals surface area contributed by atoms with E-state index in [1.165, 1.54) is 0 Å². The minimum Gasteiger partial charge on any atom is -0.487 e. The molecule has 0 bridgehead atoms. The van der Waals surface area contributed by atoms with E-state index in [-0.39, 0.29) is 17.6 Å². The summed E-state index contributed by atoms with van der Waals surface area (Å²) in [6, 6.07) is 30.9. The Kier molecular flexibility index (Phi) is 9.51. The smallest absolute Gasteiger partial charge is 0.298 e. The maximum atomic E-state index is 13.1. The van der Waals surface area contributed by atoms with Crippen molar-refractivity contribution < 1.29 is 28.5 Å². The first-order valence-corrected chi connectivity index (χ1v) is 14.1. The molecule has 8 heteroatoms. The lowest BCUT2D eigenvalue weighted by molar-refractivity contribution is -0.120. The Bertz CT molecular complexity index is 1700. The largest absolute Gasteiger partial charge is 0.487 e. The van der Waals surface area contributed by atoms with E-state index in [2.05, 4.69) is 10.3 Å². The van der Waals surface area contributed by atoms with Crippen LogP contribution in [0.4, 0.5) is 5.69 Å². The molecular weight excluding hydrogens is 556 g/mol. The third-order valence-electron chi connectivity index (χ3n) is 6.69. The molecule has 8 nitrogen and oxygen atoms in total. The number of carbonyl (C=O) groups is 2. The summed E-state index contributed by atoms with van der Waals surface area (Å²) in [6.45, 7) is 6.65. The van der Waals surface area contributed by atoms with Gasteiger partial charge in [-0.25, -0.2) is 0 Å². The van der Waals surface area contributed by atoms with Gasteiger partial charge in [0.05, 0.1) is 17.6 Å². The summed E-state index contributed by atoms with van der Waals surface area (Å²) in [5, 5.41) is 2.86. The second kappa shape index (κ2) is 14.0. The molecule has 1 N–H and O–H groups in total. The van der Waals surface area contributed by atoms with E-state index in [4.69, 9.17) is 18.9 Å². The lowest BCUT2D eigenvalue weighted by Gasteiger charge is -2.18. The van der Waals surface area contributed by atoms with Gasteiger partial charge in [-0.2, -0.15) is 0 Å². The number of hydrogen-bond donors (Lipinski definition) is 1. The van der Waals surface area contributed by atoms with Gasteiger partial charge in [0.15, 0.2) is 5.75 Å². The van der Waals surface area contributed by atoms with Crippen molar-refractivity contribution in [3.63, 3.8) is 0 Å². The van der Waals surface area contributed by atoms with Crippen molar-refractivity contribution in [2.45, 2.75) is 33.3 Å². The van der Waals surface area contributed by atoms with Crippen molar-refractivity contribution >= 4 is 18.1 Å². The van der Waals surface area contributed by atoms with E-state index in [9.17, 15) is 9.59 Å². The van der Waals surface area contributed by atoms with Gasteiger partial charge in [-0.15, -0.1) is 0 Å². The highest BCUT2D eigenvalue weighted by atomic mass is 16.5. The van der Waals surface area contributed by atoms with E-state index >= 15 is 0 Å². The molecule has 0 radical (unpaired) electrons. The SMILES string of the molecule is Cc1ccc(OCc2ccc(Oc3cc(OC=O)c(NC(=O)c4ccc(Oc5ccccc5)cc4)cc3C(C)C)cn2)cc1. The molecule has 0 aliphatic heterocycles. The number of carbonyl (C=O) groups excluding carboxylic acids is 2. The van der Waals surface area contributed by atoms with Gasteiger partial charge in [0.25, 0.3) is 12.4 Å².